The van der Waals surface area contributed by atoms with Crippen molar-refractivity contribution < 1.29 is 14.3 Å². The van der Waals surface area contributed by atoms with Crippen LogP contribution in [0.1, 0.15) is 53.1 Å². The van der Waals surface area contributed by atoms with Crippen LogP contribution >= 0.6 is 0 Å². The maximum atomic E-state index is 12.1. The lowest BCUT2D eigenvalue weighted by molar-refractivity contribution is 0.0601. The van der Waals surface area contributed by atoms with Crippen LogP contribution in [0, 0.1) is 0 Å². The van der Waals surface area contributed by atoms with E-state index in [-0.39, 0.29) is 17.2 Å². The minimum atomic E-state index is -0.359. The van der Waals surface area contributed by atoms with Crippen molar-refractivity contribution in [3.05, 3.63) is 35.0 Å². The van der Waals surface area contributed by atoms with Crippen molar-refractivity contribution in [3.63, 3.8) is 0 Å². The standard InChI is InChI=1S/C16H17NO3/c1-16(2)7-6-12(18)14-13(16)10-8-9(15(19)20-3)4-5-11(10)17-14/h4-5,8,17H,6-7H2,1-3H3. The van der Waals surface area contributed by atoms with E-state index in [0.717, 1.165) is 22.9 Å². The van der Waals surface area contributed by atoms with Crippen LogP contribution < -0.4 is 0 Å². The number of esters is 1. The molecule has 1 aliphatic rings. The molecule has 1 aromatic heterocycles. The van der Waals surface area contributed by atoms with Crippen LogP contribution in [0.2, 0.25) is 0 Å². The molecule has 2 aromatic rings. The molecule has 0 saturated carbocycles. The zero-order valence-electron chi connectivity index (χ0n) is 11.9. The first-order valence-corrected chi connectivity index (χ1v) is 6.72. The van der Waals surface area contributed by atoms with Gasteiger partial charge in [0.25, 0.3) is 0 Å². The first kappa shape index (κ1) is 12.9. The number of hydrogen-bond donors (Lipinski definition) is 1. The summed E-state index contributed by atoms with van der Waals surface area (Å²) in [5.74, 6) is -0.211. The van der Waals surface area contributed by atoms with E-state index in [0.29, 0.717) is 17.7 Å². The van der Waals surface area contributed by atoms with E-state index >= 15 is 0 Å². The van der Waals surface area contributed by atoms with Crippen LogP contribution in [0.15, 0.2) is 18.2 Å². The second kappa shape index (κ2) is 4.20. The highest BCUT2D eigenvalue weighted by Crippen LogP contribution is 2.41. The summed E-state index contributed by atoms with van der Waals surface area (Å²) in [5, 5.41) is 0.945. The number of ketones is 1. The summed E-state index contributed by atoms with van der Waals surface area (Å²) < 4.78 is 4.76. The minimum Gasteiger partial charge on any atom is -0.465 e. The molecular weight excluding hydrogens is 254 g/mol. The summed E-state index contributed by atoms with van der Waals surface area (Å²) in [6, 6.07) is 5.37. The van der Waals surface area contributed by atoms with Crippen molar-refractivity contribution in [3.8, 4) is 0 Å². The Morgan fingerprint density at radius 2 is 2.10 bits per heavy atom. The fraction of sp³-hybridized carbons (Fsp3) is 0.375. The summed E-state index contributed by atoms with van der Waals surface area (Å²) in [7, 11) is 1.37. The Labute approximate surface area is 117 Å². The summed E-state index contributed by atoms with van der Waals surface area (Å²) in [5.41, 5.74) is 3.05. The Morgan fingerprint density at radius 1 is 1.35 bits per heavy atom. The molecule has 1 heterocycles. The first-order valence-electron chi connectivity index (χ1n) is 6.72. The maximum absolute atomic E-state index is 12.1. The van der Waals surface area contributed by atoms with Gasteiger partial charge in [-0.3, -0.25) is 4.79 Å². The number of H-pyrrole nitrogens is 1. The highest BCUT2D eigenvalue weighted by Gasteiger charge is 2.35. The van der Waals surface area contributed by atoms with Crippen LogP contribution in [0.4, 0.5) is 0 Å². The first-order chi connectivity index (χ1) is 9.44. The van der Waals surface area contributed by atoms with E-state index in [9.17, 15) is 9.59 Å². The molecule has 20 heavy (non-hydrogen) atoms. The number of aromatic amines is 1. The molecule has 0 spiro atoms. The second-order valence-corrected chi connectivity index (χ2v) is 5.93. The van der Waals surface area contributed by atoms with Crippen molar-refractivity contribution in [2.75, 3.05) is 7.11 Å². The van der Waals surface area contributed by atoms with Gasteiger partial charge >= 0.3 is 5.97 Å². The lowest BCUT2D eigenvalue weighted by atomic mass is 9.74. The monoisotopic (exact) mass is 271 g/mol. The average molecular weight is 271 g/mol. The molecule has 1 aromatic carbocycles. The van der Waals surface area contributed by atoms with Crippen molar-refractivity contribution in [2.24, 2.45) is 0 Å². The molecule has 0 saturated heterocycles. The van der Waals surface area contributed by atoms with E-state index in [4.69, 9.17) is 4.74 Å². The Hall–Kier alpha value is -2.10. The topological polar surface area (TPSA) is 59.2 Å². The predicted molar refractivity (Wildman–Crippen MR) is 76.2 cm³/mol. The predicted octanol–water partition coefficient (Wildman–Crippen LogP) is 3.21. The van der Waals surface area contributed by atoms with E-state index in [1.54, 1.807) is 6.07 Å². The Balaban J connectivity index is 2.30. The van der Waals surface area contributed by atoms with Gasteiger partial charge in [-0.25, -0.2) is 4.79 Å². The van der Waals surface area contributed by atoms with Crippen molar-refractivity contribution in [1.29, 1.82) is 0 Å². The molecule has 4 nitrogen and oxygen atoms in total. The van der Waals surface area contributed by atoms with Gasteiger partial charge in [-0.15, -0.1) is 0 Å². The number of aromatic nitrogens is 1. The number of carbonyl (C=O) groups excluding carboxylic acids is 2. The molecule has 0 amide bonds. The zero-order chi connectivity index (χ0) is 14.5. The van der Waals surface area contributed by atoms with Gasteiger partial charge in [0.05, 0.1) is 18.4 Å². The molecule has 104 valence electrons. The number of ether oxygens (including phenoxy) is 1. The van der Waals surface area contributed by atoms with E-state index in [1.165, 1.54) is 7.11 Å². The molecule has 0 radical (unpaired) electrons. The molecule has 0 atom stereocenters. The maximum Gasteiger partial charge on any atom is 0.337 e. The van der Waals surface area contributed by atoms with Crippen molar-refractivity contribution in [1.82, 2.24) is 4.98 Å². The molecule has 0 fully saturated rings. The number of Topliss-reactive ketones (excluding diaryl/α,β-unsaturated/α-hetero) is 1. The fourth-order valence-corrected chi connectivity index (χ4v) is 3.02. The second-order valence-electron chi connectivity index (χ2n) is 5.93. The minimum absolute atomic E-state index is 0.0732. The van der Waals surface area contributed by atoms with E-state index in [1.807, 2.05) is 12.1 Å². The van der Waals surface area contributed by atoms with E-state index < -0.39 is 0 Å². The number of rotatable bonds is 1. The Kier molecular flexibility index (Phi) is 2.71. The van der Waals surface area contributed by atoms with Crippen LogP contribution in [-0.4, -0.2) is 23.8 Å². The van der Waals surface area contributed by atoms with Crippen LogP contribution in [0.5, 0.6) is 0 Å². The molecule has 0 aliphatic heterocycles. The lowest BCUT2D eigenvalue weighted by Crippen LogP contribution is -2.26. The number of nitrogens with one attached hydrogen (secondary N) is 1. The lowest BCUT2D eigenvalue weighted by Gasteiger charge is -2.29. The van der Waals surface area contributed by atoms with Gasteiger partial charge in [-0.2, -0.15) is 0 Å². The Bertz CT molecular complexity index is 725. The highest BCUT2D eigenvalue weighted by atomic mass is 16.5. The third-order valence-electron chi connectivity index (χ3n) is 4.15. The van der Waals surface area contributed by atoms with Crippen molar-refractivity contribution in [2.45, 2.75) is 32.1 Å². The largest absolute Gasteiger partial charge is 0.465 e. The summed E-state index contributed by atoms with van der Waals surface area (Å²) in [4.78, 5) is 27.0. The summed E-state index contributed by atoms with van der Waals surface area (Å²) >= 11 is 0. The number of fused-ring (bicyclic) bond motifs is 3. The quantitative estimate of drug-likeness (QED) is 0.810. The number of hydrogen-bond acceptors (Lipinski definition) is 3. The van der Waals surface area contributed by atoms with Gasteiger partial charge in [0.2, 0.25) is 0 Å². The summed E-state index contributed by atoms with van der Waals surface area (Å²) in [6.07, 6.45) is 1.39. The van der Waals surface area contributed by atoms with Gasteiger partial charge in [-0.1, -0.05) is 13.8 Å². The van der Waals surface area contributed by atoms with Gasteiger partial charge < -0.3 is 9.72 Å². The highest BCUT2D eigenvalue weighted by molar-refractivity contribution is 6.05. The molecule has 3 rings (SSSR count). The van der Waals surface area contributed by atoms with Gasteiger partial charge in [0, 0.05) is 17.3 Å². The van der Waals surface area contributed by atoms with E-state index in [2.05, 4.69) is 18.8 Å². The van der Waals surface area contributed by atoms with Crippen LogP contribution in [0.25, 0.3) is 10.9 Å². The Morgan fingerprint density at radius 3 is 2.80 bits per heavy atom. The van der Waals surface area contributed by atoms with Crippen molar-refractivity contribution >= 4 is 22.7 Å². The van der Waals surface area contributed by atoms with Gasteiger partial charge in [0.1, 0.15) is 0 Å². The molecule has 1 N–H and O–H groups in total. The normalized spacial score (nSPS) is 17.1. The number of benzene rings is 1. The van der Waals surface area contributed by atoms with Crippen LogP contribution in [-0.2, 0) is 10.2 Å². The van der Waals surface area contributed by atoms with Gasteiger partial charge in [0.15, 0.2) is 5.78 Å². The number of carbonyl (C=O) groups is 2. The number of methoxy groups -OCH3 is 1. The molecule has 0 bridgehead atoms. The third kappa shape index (κ3) is 1.75. The smallest absolute Gasteiger partial charge is 0.337 e. The summed E-state index contributed by atoms with van der Waals surface area (Å²) in [6.45, 7) is 4.27. The molecule has 4 heteroatoms. The SMILES string of the molecule is COC(=O)c1ccc2[nH]c3c(c2c1)C(C)(C)CCC3=O. The zero-order valence-corrected chi connectivity index (χ0v) is 11.9. The van der Waals surface area contributed by atoms with Crippen LogP contribution in [0.3, 0.4) is 0 Å². The molecule has 1 aliphatic carbocycles. The fourth-order valence-electron chi connectivity index (χ4n) is 3.02. The third-order valence-corrected chi connectivity index (χ3v) is 4.15. The average Bonchev–Trinajstić information content (AvgIpc) is 2.82. The molecular formula is C16H17NO3. The van der Waals surface area contributed by atoms with Gasteiger partial charge in [-0.05, 0) is 35.6 Å². The molecule has 0 unspecified atom stereocenters.